The van der Waals surface area contributed by atoms with Crippen molar-refractivity contribution in [3.63, 3.8) is 0 Å². The zero-order valence-corrected chi connectivity index (χ0v) is 11.0. The van der Waals surface area contributed by atoms with E-state index in [-0.39, 0.29) is 18.8 Å². The Labute approximate surface area is 106 Å². The summed E-state index contributed by atoms with van der Waals surface area (Å²) in [7, 11) is 0. The maximum atomic E-state index is 11.4. The highest BCUT2D eigenvalue weighted by Crippen LogP contribution is 2.01. The van der Waals surface area contributed by atoms with E-state index in [2.05, 4.69) is 9.47 Å². The molecule has 0 N–H and O–H groups in total. The average Bonchev–Trinajstić information content (AvgIpc) is 2.29. The number of carbonyl (C=O) groups excluding carboxylic acids is 3. The molecule has 0 aromatic rings. The number of hydrogen-bond acceptors (Lipinski definition) is 6. The lowest BCUT2D eigenvalue weighted by Crippen LogP contribution is -2.25. The summed E-state index contributed by atoms with van der Waals surface area (Å²) < 4.78 is 14.1. The first-order chi connectivity index (χ1) is 8.42. The Bertz CT molecular complexity index is 344. The van der Waals surface area contributed by atoms with Crippen LogP contribution in [0.5, 0.6) is 0 Å². The predicted octanol–water partition coefficient (Wildman–Crippen LogP) is 0.991. The van der Waals surface area contributed by atoms with Crippen molar-refractivity contribution in [1.82, 2.24) is 0 Å². The molecule has 0 heterocycles. The molecule has 1 atom stereocenters. The first-order valence-electron chi connectivity index (χ1n) is 5.65. The largest absolute Gasteiger partial charge is 0.463 e. The molecule has 0 rings (SSSR count). The van der Waals surface area contributed by atoms with Gasteiger partial charge in [-0.15, -0.1) is 0 Å². The highest BCUT2D eigenvalue weighted by molar-refractivity contribution is 5.96. The van der Waals surface area contributed by atoms with Crippen LogP contribution in [0.25, 0.3) is 0 Å². The lowest BCUT2D eigenvalue weighted by atomic mass is 10.3. The van der Waals surface area contributed by atoms with E-state index in [1.54, 1.807) is 13.8 Å². The maximum Gasteiger partial charge on any atom is 0.347 e. The molecule has 0 aromatic heterocycles. The molecule has 0 aliphatic carbocycles. The van der Waals surface area contributed by atoms with Crippen molar-refractivity contribution in [3.8, 4) is 0 Å². The molecule has 0 aliphatic heterocycles. The summed E-state index contributed by atoms with van der Waals surface area (Å²) in [6.45, 7) is 6.55. The second kappa shape index (κ2) is 8.27. The fourth-order valence-corrected chi connectivity index (χ4v) is 0.997. The number of rotatable bonds is 6. The number of ether oxygens (including phenoxy) is 3. The summed E-state index contributed by atoms with van der Waals surface area (Å²) in [5.41, 5.74) is 0.109. The second-order valence-corrected chi connectivity index (χ2v) is 3.38. The Hall–Kier alpha value is -1.85. The molecule has 18 heavy (non-hydrogen) atoms. The van der Waals surface area contributed by atoms with Crippen LogP contribution in [-0.2, 0) is 28.6 Å². The molecule has 0 bridgehead atoms. The van der Waals surface area contributed by atoms with Crippen LogP contribution in [-0.4, -0.2) is 37.2 Å². The third-order valence-electron chi connectivity index (χ3n) is 1.84. The summed E-state index contributed by atoms with van der Waals surface area (Å²) in [6, 6.07) is 0. The lowest BCUT2D eigenvalue weighted by molar-refractivity contribution is -0.163. The molecule has 0 aromatic carbocycles. The first kappa shape index (κ1) is 16.1. The molecule has 0 aliphatic rings. The molecule has 0 amide bonds. The van der Waals surface area contributed by atoms with Gasteiger partial charge in [-0.3, -0.25) is 0 Å². The van der Waals surface area contributed by atoms with E-state index >= 15 is 0 Å². The van der Waals surface area contributed by atoms with Crippen molar-refractivity contribution >= 4 is 17.9 Å². The van der Waals surface area contributed by atoms with Gasteiger partial charge in [0, 0.05) is 11.6 Å². The molecular formula is C12H18O6. The lowest BCUT2D eigenvalue weighted by Gasteiger charge is -2.10. The molecule has 6 nitrogen and oxygen atoms in total. The summed E-state index contributed by atoms with van der Waals surface area (Å²) in [6.07, 6.45) is -0.0306. The predicted molar refractivity (Wildman–Crippen MR) is 62.6 cm³/mol. The Kier molecular flexibility index (Phi) is 7.42. The van der Waals surface area contributed by atoms with Crippen molar-refractivity contribution in [2.45, 2.75) is 33.8 Å². The summed E-state index contributed by atoms with van der Waals surface area (Å²) in [5.74, 6) is -2.02. The SMILES string of the molecule is CCOC(=O)/C(C)=C\C(=O)OC(C)C(=O)OCC. The number of hydrogen-bond donors (Lipinski definition) is 0. The average molecular weight is 258 g/mol. The van der Waals surface area contributed by atoms with Crippen LogP contribution in [0.1, 0.15) is 27.7 Å². The zero-order chi connectivity index (χ0) is 14.1. The highest BCUT2D eigenvalue weighted by Gasteiger charge is 2.18. The minimum absolute atomic E-state index is 0.109. The van der Waals surface area contributed by atoms with Gasteiger partial charge in [0.2, 0.25) is 0 Å². The monoisotopic (exact) mass is 258 g/mol. The topological polar surface area (TPSA) is 78.9 Å². The Morgan fingerprint density at radius 3 is 2.17 bits per heavy atom. The normalized spacial score (nSPS) is 12.6. The molecule has 0 radical (unpaired) electrons. The fourth-order valence-electron chi connectivity index (χ4n) is 0.997. The molecular weight excluding hydrogens is 240 g/mol. The van der Waals surface area contributed by atoms with Crippen LogP contribution in [0, 0.1) is 0 Å². The van der Waals surface area contributed by atoms with Crippen LogP contribution in [0.4, 0.5) is 0 Å². The molecule has 6 heteroatoms. The van der Waals surface area contributed by atoms with Gasteiger partial charge in [0.1, 0.15) is 0 Å². The molecule has 0 saturated heterocycles. The highest BCUT2D eigenvalue weighted by atomic mass is 16.6. The van der Waals surface area contributed by atoms with Crippen molar-refractivity contribution in [3.05, 3.63) is 11.6 Å². The Morgan fingerprint density at radius 2 is 1.67 bits per heavy atom. The van der Waals surface area contributed by atoms with E-state index in [4.69, 9.17) is 4.74 Å². The molecule has 102 valence electrons. The first-order valence-corrected chi connectivity index (χ1v) is 5.65. The third-order valence-corrected chi connectivity index (χ3v) is 1.84. The Balaban J connectivity index is 4.37. The van der Waals surface area contributed by atoms with Gasteiger partial charge in [0.05, 0.1) is 13.2 Å². The van der Waals surface area contributed by atoms with Crippen LogP contribution >= 0.6 is 0 Å². The van der Waals surface area contributed by atoms with Crippen LogP contribution in [0.2, 0.25) is 0 Å². The van der Waals surface area contributed by atoms with Crippen molar-refractivity contribution in [2.24, 2.45) is 0 Å². The van der Waals surface area contributed by atoms with E-state index in [0.717, 1.165) is 6.08 Å². The smallest absolute Gasteiger partial charge is 0.347 e. The van der Waals surface area contributed by atoms with Crippen molar-refractivity contribution in [2.75, 3.05) is 13.2 Å². The van der Waals surface area contributed by atoms with E-state index in [9.17, 15) is 14.4 Å². The van der Waals surface area contributed by atoms with Gasteiger partial charge in [-0.25, -0.2) is 14.4 Å². The van der Waals surface area contributed by atoms with Gasteiger partial charge < -0.3 is 14.2 Å². The summed E-state index contributed by atoms with van der Waals surface area (Å²) in [4.78, 5) is 33.8. The molecule has 0 saturated carbocycles. The number of esters is 3. The van der Waals surface area contributed by atoms with Crippen LogP contribution < -0.4 is 0 Å². The van der Waals surface area contributed by atoms with Gasteiger partial charge in [-0.05, 0) is 27.7 Å². The van der Waals surface area contributed by atoms with Crippen LogP contribution in [0.3, 0.4) is 0 Å². The second-order valence-electron chi connectivity index (χ2n) is 3.38. The standard InChI is InChI=1S/C12H18O6/c1-5-16-11(14)8(3)7-10(13)18-9(4)12(15)17-6-2/h7,9H,5-6H2,1-4H3/b8-7-. The van der Waals surface area contributed by atoms with Gasteiger partial charge in [0.15, 0.2) is 6.10 Å². The van der Waals surface area contributed by atoms with Gasteiger partial charge >= 0.3 is 17.9 Å². The number of carbonyl (C=O) groups is 3. The quantitative estimate of drug-likeness (QED) is 0.401. The van der Waals surface area contributed by atoms with Crippen LogP contribution in [0.15, 0.2) is 11.6 Å². The van der Waals surface area contributed by atoms with E-state index in [0.29, 0.717) is 0 Å². The van der Waals surface area contributed by atoms with E-state index < -0.39 is 24.0 Å². The minimum Gasteiger partial charge on any atom is -0.463 e. The van der Waals surface area contributed by atoms with Gasteiger partial charge in [-0.1, -0.05) is 0 Å². The van der Waals surface area contributed by atoms with E-state index in [1.807, 2.05) is 0 Å². The molecule has 0 spiro atoms. The third kappa shape index (κ3) is 6.03. The summed E-state index contributed by atoms with van der Waals surface area (Å²) >= 11 is 0. The minimum atomic E-state index is -1.01. The van der Waals surface area contributed by atoms with Crippen molar-refractivity contribution < 1.29 is 28.6 Å². The fraction of sp³-hybridized carbons (Fsp3) is 0.583. The summed E-state index contributed by atoms with van der Waals surface area (Å²) in [5, 5.41) is 0. The van der Waals surface area contributed by atoms with Gasteiger partial charge in [-0.2, -0.15) is 0 Å². The Morgan fingerprint density at radius 1 is 1.11 bits per heavy atom. The van der Waals surface area contributed by atoms with E-state index in [1.165, 1.54) is 13.8 Å². The zero-order valence-electron chi connectivity index (χ0n) is 11.0. The van der Waals surface area contributed by atoms with Crippen molar-refractivity contribution in [1.29, 1.82) is 0 Å². The molecule has 0 fully saturated rings. The van der Waals surface area contributed by atoms with Gasteiger partial charge in [0.25, 0.3) is 0 Å². The molecule has 1 unspecified atom stereocenters. The maximum absolute atomic E-state index is 11.4.